The molecule has 1 atom stereocenters. The number of hydrogen-bond acceptors (Lipinski definition) is 1. The lowest BCUT2D eigenvalue weighted by atomic mass is 9.91. The minimum Gasteiger partial charge on any atom is -0.330 e. The van der Waals surface area contributed by atoms with Crippen LogP contribution >= 0.6 is 0 Å². The molecule has 0 spiro atoms. The summed E-state index contributed by atoms with van der Waals surface area (Å²) in [5.74, 6) is -1.09. The molecule has 2 aromatic rings. The molecule has 0 heterocycles. The maximum absolute atomic E-state index is 13.7. The Bertz CT molecular complexity index is 546. The highest BCUT2D eigenvalue weighted by atomic mass is 19.1. The summed E-state index contributed by atoms with van der Waals surface area (Å²) < 4.78 is 27.3. The third-order valence-corrected chi connectivity index (χ3v) is 3.31. The first-order chi connectivity index (χ1) is 9.11. The van der Waals surface area contributed by atoms with E-state index in [1.807, 2.05) is 31.2 Å². The van der Waals surface area contributed by atoms with Gasteiger partial charge in [-0.2, -0.15) is 0 Å². The monoisotopic (exact) mass is 261 g/mol. The van der Waals surface area contributed by atoms with Crippen molar-refractivity contribution in [2.75, 3.05) is 6.54 Å². The largest absolute Gasteiger partial charge is 0.330 e. The van der Waals surface area contributed by atoms with Crippen LogP contribution in [-0.4, -0.2) is 6.54 Å². The van der Waals surface area contributed by atoms with Crippen molar-refractivity contribution < 1.29 is 8.78 Å². The van der Waals surface area contributed by atoms with E-state index in [1.54, 1.807) is 0 Å². The van der Waals surface area contributed by atoms with Crippen LogP contribution in [0.4, 0.5) is 8.78 Å². The fraction of sp³-hybridized carbons (Fsp3) is 0.250. The maximum Gasteiger partial charge on any atom is 0.129 e. The van der Waals surface area contributed by atoms with E-state index < -0.39 is 11.6 Å². The average molecular weight is 261 g/mol. The van der Waals surface area contributed by atoms with E-state index in [4.69, 9.17) is 5.73 Å². The molecule has 2 N–H and O–H groups in total. The van der Waals surface area contributed by atoms with E-state index in [-0.39, 0.29) is 17.9 Å². The average Bonchev–Trinajstić information content (AvgIpc) is 2.38. The first-order valence-corrected chi connectivity index (χ1v) is 6.31. The summed E-state index contributed by atoms with van der Waals surface area (Å²) in [5.41, 5.74) is 8.00. The highest BCUT2D eigenvalue weighted by molar-refractivity contribution is 5.29. The van der Waals surface area contributed by atoms with Gasteiger partial charge in [0.1, 0.15) is 11.6 Å². The van der Waals surface area contributed by atoms with Crippen LogP contribution < -0.4 is 5.73 Å². The Kier molecular flexibility index (Phi) is 4.27. The third kappa shape index (κ3) is 3.18. The molecule has 0 amide bonds. The minimum absolute atomic E-state index is 0.0775. The number of halogens is 2. The number of rotatable bonds is 4. The molecule has 3 heteroatoms. The van der Waals surface area contributed by atoms with Crippen LogP contribution in [0.2, 0.25) is 0 Å². The molecule has 1 nitrogen and oxygen atoms in total. The van der Waals surface area contributed by atoms with Gasteiger partial charge in [-0.05, 0) is 37.6 Å². The number of nitrogens with two attached hydrogens (primary N) is 1. The van der Waals surface area contributed by atoms with Crippen LogP contribution in [0, 0.1) is 18.6 Å². The van der Waals surface area contributed by atoms with Gasteiger partial charge >= 0.3 is 0 Å². The van der Waals surface area contributed by atoms with Crippen LogP contribution in [0.15, 0.2) is 42.5 Å². The topological polar surface area (TPSA) is 26.0 Å². The lowest BCUT2D eigenvalue weighted by molar-refractivity contribution is 0.538. The van der Waals surface area contributed by atoms with Gasteiger partial charge in [0.2, 0.25) is 0 Å². The normalized spacial score (nSPS) is 12.4. The van der Waals surface area contributed by atoms with Crippen LogP contribution in [-0.2, 0) is 6.42 Å². The number of benzene rings is 2. The van der Waals surface area contributed by atoms with Crippen LogP contribution in [0.3, 0.4) is 0 Å². The van der Waals surface area contributed by atoms with Gasteiger partial charge in [0, 0.05) is 11.5 Å². The quantitative estimate of drug-likeness (QED) is 0.894. The van der Waals surface area contributed by atoms with Crippen molar-refractivity contribution >= 4 is 0 Å². The second-order valence-corrected chi connectivity index (χ2v) is 4.75. The van der Waals surface area contributed by atoms with Crippen molar-refractivity contribution in [3.05, 3.63) is 70.8 Å². The fourth-order valence-electron chi connectivity index (χ4n) is 2.24. The van der Waals surface area contributed by atoms with E-state index in [0.717, 1.165) is 11.1 Å². The van der Waals surface area contributed by atoms with Crippen molar-refractivity contribution in [2.24, 2.45) is 5.73 Å². The summed E-state index contributed by atoms with van der Waals surface area (Å²) in [6.07, 6.45) is 0.276. The van der Waals surface area contributed by atoms with E-state index in [0.29, 0.717) is 6.54 Å². The Morgan fingerprint density at radius 1 is 1.05 bits per heavy atom. The molecule has 0 aliphatic rings. The van der Waals surface area contributed by atoms with Gasteiger partial charge in [0.05, 0.1) is 0 Å². The van der Waals surface area contributed by atoms with E-state index in [2.05, 4.69) is 0 Å². The standard InChI is InChI=1S/C16H17F2N/c1-11-4-2-5-12(8-11)13(10-19)9-14-15(17)6-3-7-16(14)18/h2-8,13H,9-10,19H2,1H3. The van der Waals surface area contributed by atoms with Gasteiger partial charge in [-0.1, -0.05) is 35.9 Å². The van der Waals surface area contributed by atoms with Crippen LogP contribution in [0.1, 0.15) is 22.6 Å². The Balaban J connectivity index is 2.29. The molecular formula is C16H17F2N. The molecule has 0 fully saturated rings. The molecule has 2 rings (SSSR count). The summed E-state index contributed by atoms with van der Waals surface area (Å²) in [6, 6.07) is 11.8. The van der Waals surface area contributed by atoms with Crippen molar-refractivity contribution in [2.45, 2.75) is 19.3 Å². The van der Waals surface area contributed by atoms with Crippen molar-refractivity contribution in [1.82, 2.24) is 0 Å². The first kappa shape index (κ1) is 13.7. The smallest absolute Gasteiger partial charge is 0.129 e. The summed E-state index contributed by atoms with van der Waals surface area (Å²) in [5, 5.41) is 0. The zero-order chi connectivity index (χ0) is 13.8. The highest BCUT2D eigenvalue weighted by Gasteiger charge is 2.16. The molecular weight excluding hydrogens is 244 g/mol. The second-order valence-electron chi connectivity index (χ2n) is 4.75. The predicted octanol–water partition coefficient (Wildman–Crippen LogP) is 3.56. The zero-order valence-electron chi connectivity index (χ0n) is 10.9. The van der Waals surface area contributed by atoms with Gasteiger partial charge in [-0.25, -0.2) is 8.78 Å². The van der Waals surface area contributed by atoms with Crippen molar-refractivity contribution in [1.29, 1.82) is 0 Å². The fourth-order valence-corrected chi connectivity index (χ4v) is 2.24. The zero-order valence-corrected chi connectivity index (χ0v) is 10.9. The molecule has 1 unspecified atom stereocenters. The van der Waals surface area contributed by atoms with Gasteiger partial charge in [-0.15, -0.1) is 0 Å². The molecule has 19 heavy (non-hydrogen) atoms. The number of hydrogen-bond donors (Lipinski definition) is 1. The van der Waals surface area contributed by atoms with Crippen LogP contribution in [0.5, 0.6) is 0 Å². The second kappa shape index (κ2) is 5.93. The lowest BCUT2D eigenvalue weighted by Gasteiger charge is -2.16. The van der Waals surface area contributed by atoms with Gasteiger partial charge < -0.3 is 5.73 Å². The summed E-state index contributed by atoms with van der Waals surface area (Å²) in [4.78, 5) is 0. The predicted molar refractivity (Wildman–Crippen MR) is 73.0 cm³/mol. The molecule has 0 saturated heterocycles. The molecule has 0 radical (unpaired) electrons. The van der Waals surface area contributed by atoms with E-state index >= 15 is 0 Å². The minimum atomic E-state index is -0.508. The maximum atomic E-state index is 13.7. The molecule has 100 valence electrons. The van der Waals surface area contributed by atoms with Crippen LogP contribution in [0.25, 0.3) is 0 Å². The van der Waals surface area contributed by atoms with E-state index in [1.165, 1.54) is 18.2 Å². The SMILES string of the molecule is Cc1cccc(C(CN)Cc2c(F)cccc2F)c1. The first-order valence-electron chi connectivity index (χ1n) is 6.31. The van der Waals surface area contributed by atoms with Crippen molar-refractivity contribution in [3.8, 4) is 0 Å². The van der Waals surface area contributed by atoms with E-state index in [9.17, 15) is 8.78 Å². The molecule has 2 aromatic carbocycles. The number of aryl methyl sites for hydroxylation is 1. The Morgan fingerprint density at radius 2 is 1.68 bits per heavy atom. The third-order valence-electron chi connectivity index (χ3n) is 3.31. The van der Waals surface area contributed by atoms with Gasteiger partial charge in [0.25, 0.3) is 0 Å². The Morgan fingerprint density at radius 3 is 2.26 bits per heavy atom. The lowest BCUT2D eigenvalue weighted by Crippen LogP contribution is -2.16. The summed E-state index contributed by atoms with van der Waals surface area (Å²) in [6.45, 7) is 2.35. The molecule has 0 aliphatic heterocycles. The van der Waals surface area contributed by atoms with Gasteiger partial charge in [-0.3, -0.25) is 0 Å². The van der Waals surface area contributed by atoms with Crippen molar-refractivity contribution in [3.63, 3.8) is 0 Å². The highest BCUT2D eigenvalue weighted by Crippen LogP contribution is 2.24. The molecule has 0 aliphatic carbocycles. The molecule has 0 bridgehead atoms. The Labute approximate surface area is 112 Å². The summed E-state index contributed by atoms with van der Waals surface area (Å²) in [7, 11) is 0. The van der Waals surface area contributed by atoms with Gasteiger partial charge in [0.15, 0.2) is 0 Å². The summed E-state index contributed by atoms with van der Waals surface area (Å²) >= 11 is 0. The molecule has 0 aromatic heterocycles. The Hall–Kier alpha value is -1.74. The molecule has 0 saturated carbocycles.